The first-order valence-electron chi connectivity index (χ1n) is 7.93. The standard InChI is InChI=1S/C17H15ClN6S/c1-11-8-12-16(20-10-21-17(12)25-11)24-6-4-23(5-7-24)15-3-2-13(18)14(9-19)22-15/h2-3,8,10H,4-7H2,1H3. The summed E-state index contributed by atoms with van der Waals surface area (Å²) in [4.78, 5) is 20.0. The Labute approximate surface area is 154 Å². The molecule has 1 aliphatic heterocycles. The lowest BCUT2D eigenvalue weighted by Gasteiger charge is -2.36. The van der Waals surface area contributed by atoms with Crippen LogP contribution in [0, 0.1) is 18.3 Å². The molecule has 0 aromatic carbocycles. The first-order valence-corrected chi connectivity index (χ1v) is 9.13. The molecule has 126 valence electrons. The van der Waals surface area contributed by atoms with Crippen LogP contribution >= 0.6 is 22.9 Å². The Bertz CT molecular complexity index is 971. The van der Waals surface area contributed by atoms with Crippen LogP contribution < -0.4 is 9.80 Å². The monoisotopic (exact) mass is 370 g/mol. The van der Waals surface area contributed by atoms with Gasteiger partial charge < -0.3 is 9.80 Å². The van der Waals surface area contributed by atoms with Gasteiger partial charge in [-0.3, -0.25) is 0 Å². The molecule has 1 saturated heterocycles. The molecule has 4 rings (SSSR count). The van der Waals surface area contributed by atoms with Crippen molar-refractivity contribution in [1.82, 2.24) is 15.0 Å². The number of nitriles is 1. The Balaban J connectivity index is 1.54. The lowest BCUT2D eigenvalue weighted by Crippen LogP contribution is -2.47. The van der Waals surface area contributed by atoms with Crippen molar-refractivity contribution in [2.24, 2.45) is 0 Å². The number of rotatable bonds is 2. The average Bonchev–Trinajstić information content (AvgIpc) is 3.02. The van der Waals surface area contributed by atoms with Crippen LogP contribution in [0.25, 0.3) is 10.2 Å². The molecule has 25 heavy (non-hydrogen) atoms. The maximum absolute atomic E-state index is 9.10. The van der Waals surface area contributed by atoms with Crippen molar-refractivity contribution in [3.63, 3.8) is 0 Å². The molecule has 0 atom stereocenters. The minimum Gasteiger partial charge on any atom is -0.353 e. The minimum absolute atomic E-state index is 0.271. The lowest BCUT2D eigenvalue weighted by molar-refractivity contribution is 0.643. The summed E-state index contributed by atoms with van der Waals surface area (Å²) in [6.07, 6.45) is 1.64. The summed E-state index contributed by atoms with van der Waals surface area (Å²) in [6.45, 7) is 5.40. The second-order valence-electron chi connectivity index (χ2n) is 5.86. The van der Waals surface area contributed by atoms with E-state index in [0.29, 0.717) is 5.02 Å². The molecule has 0 spiro atoms. The number of aryl methyl sites for hydroxylation is 1. The number of pyridine rings is 1. The Morgan fingerprint density at radius 2 is 1.92 bits per heavy atom. The molecule has 1 fully saturated rings. The smallest absolute Gasteiger partial charge is 0.161 e. The van der Waals surface area contributed by atoms with Crippen molar-refractivity contribution in [1.29, 1.82) is 5.26 Å². The van der Waals surface area contributed by atoms with Crippen LogP contribution in [0.3, 0.4) is 0 Å². The molecule has 0 amide bonds. The largest absolute Gasteiger partial charge is 0.353 e. The Kier molecular flexibility index (Phi) is 4.15. The van der Waals surface area contributed by atoms with Gasteiger partial charge in [0.05, 0.1) is 10.4 Å². The third-order valence-electron chi connectivity index (χ3n) is 4.27. The van der Waals surface area contributed by atoms with E-state index in [1.165, 1.54) is 4.88 Å². The normalized spacial score (nSPS) is 14.8. The Hall–Kier alpha value is -2.43. The summed E-state index contributed by atoms with van der Waals surface area (Å²) in [5.41, 5.74) is 0.271. The van der Waals surface area contributed by atoms with Crippen molar-refractivity contribution in [3.8, 4) is 6.07 Å². The molecule has 0 bridgehead atoms. The van der Waals surface area contributed by atoms with E-state index in [9.17, 15) is 0 Å². The van der Waals surface area contributed by atoms with E-state index in [-0.39, 0.29) is 5.69 Å². The molecule has 6 nitrogen and oxygen atoms in total. The van der Waals surface area contributed by atoms with Gasteiger partial charge in [-0.2, -0.15) is 5.26 Å². The quantitative estimate of drug-likeness (QED) is 0.689. The molecule has 0 N–H and O–H groups in total. The van der Waals surface area contributed by atoms with E-state index in [2.05, 4.69) is 37.7 Å². The zero-order valence-corrected chi connectivity index (χ0v) is 15.2. The van der Waals surface area contributed by atoms with Crippen LogP contribution in [-0.4, -0.2) is 41.1 Å². The third kappa shape index (κ3) is 2.99. The number of fused-ring (bicyclic) bond motifs is 1. The molecule has 1 aliphatic rings. The number of nitrogens with zero attached hydrogens (tertiary/aromatic N) is 6. The molecular weight excluding hydrogens is 356 g/mol. The van der Waals surface area contributed by atoms with Gasteiger partial charge in [-0.15, -0.1) is 11.3 Å². The molecule has 0 aliphatic carbocycles. The van der Waals surface area contributed by atoms with E-state index in [4.69, 9.17) is 16.9 Å². The number of hydrogen-bond acceptors (Lipinski definition) is 7. The maximum Gasteiger partial charge on any atom is 0.161 e. The summed E-state index contributed by atoms with van der Waals surface area (Å²) in [6, 6.07) is 7.79. The Morgan fingerprint density at radius 3 is 2.68 bits per heavy atom. The van der Waals surface area contributed by atoms with Crippen LogP contribution in [0.1, 0.15) is 10.6 Å². The highest BCUT2D eigenvalue weighted by molar-refractivity contribution is 7.18. The zero-order valence-electron chi connectivity index (χ0n) is 13.6. The summed E-state index contributed by atoms with van der Waals surface area (Å²) < 4.78 is 0. The number of anilines is 2. The van der Waals surface area contributed by atoms with Gasteiger partial charge in [0.1, 0.15) is 28.9 Å². The van der Waals surface area contributed by atoms with E-state index < -0.39 is 0 Å². The van der Waals surface area contributed by atoms with Gasteiger partial charge in [0.15, 0.2) is 5.69 Å². The predicted octanol–water partition coefficient (Wildman–Crippen LogP) is 3.25. The van der Waals surface area contributed by atoms with E-state index in [0.717, 1.165) is 48.0 Å². The van der Waals surface area contributed by atoms with E-state index in [1.807, 2.05) is 12.1 Å². The van der Waals surface area contributed by atoms with E-state index >= 15 is 0 Å². The highest BCUT2D eigenvalue weighted by Gasteiger charge is 2.22. The summed E-state index contributed by atoms with van der Waals surface area (Å²) in [7, 11) is 0. The van der Waals surface area contributed by atoms with Gasteiger partial charge in [-0.25, -0.2) is 15.0 Å². The van der Waals surface area contributed by atoms with Crippen molar-refractivity contribution < 1.29 is 0 Å². The van der Waals surface area contributed by atoms with Crippen molar-refractivity contribution >= 4 is 44.8 Å². The topological polar surface area (TPSA) is 68.9 Å². The SMILES string of the molecule is Cc1cc2c(N3CCN(c4ccc(Cl)c(C#N)n4)CC3)ncnc2s1. The van der Waals surface area contributed by atoms with Crippen LogP contribution in [0.5, 0.6) is 0 Å². The number of piperazine rings is 1. The first kappa shape index (κ1) is 16.1. The van der Waals surface area contributed by atoms with Crippen molar-refractivity contribution in [3.05, 3.63) is 40.1 Å². The van der Waals surface area contributed by atoms with Gasteiger partial charge in [0.2, 0.25) is 0 Å². The van der Waals surface area contributed by atoms with Gasteiger partial charge in [-0.05, 0) is 25.1 Å². The van der Waals surface area contributed by atoms with Crippen molar-refractivity contribution in [2.75, 3.05) is 36.0 Å². The number of hydrogen-bond donors (Lipinski definition) is 0. The predicted molar refractivity (Wildman–Crippen MR) is 101 cm³/mol. The first-order chi connectivity index (χ1) is 12.2. The summed E-state index contributed by atoms with van der Waals surface area (Å²) >= 11 is 7.66. The fourth-order valence-corrected chi connectivity index (χ4v) is 4.04. The van der Waals surface area contributed by atoms with Crippen molar-refractivity contribution in [2.45, 2.75) is 6.92 Å². The van der Waals surface area contributed by atoms with Gasteiger partial charge in [-0.1, -0.05) is 11.6 Å². The molecular formula is C17H15ClN6S. The van der Waals surface area contributed by atoms with Gasteiger partial charge >= 0.3 is 0 Å². The average molecular weight is 371 g/mol. The molecule has 3 aromatic heterocycles. The number of thiophene rings is 1. The molecule has 4 heterocycles. The second-order valence-corrected chi connectivity index (χ2v) is 7.50. The molecule has 3 aromatic rings. The van der Waals surface area contributed by atoms with Crippen LogP contribution in [-0.2, 0) is 0 Å². The molecule has 0 saturated carbocycles. The van der Waals surface area contributed by atoms with Gasteiger partial charge in [0, 0.05) is 31.1 Å². The highest BCUT2D eigenvalue weighted by Crippen LogP contribution is 2.30. The summed E-state index contributed by atoms with van der Waals surface area (Å²) in [5, 5.41) is 10.6. The molecule has 0 radical (unpaired) electrons. The molecule has 0 unspecified atom stereocenters. The van der Waals surface area contributed by atoms with E-state index in [1.54, 1.807) is 23.7 Å². The maximum atomic E-state index is 9.10. The fraction of sp³-hybridized carbons (Fsp3) is 0.294. The lowest BCUT2D eigenvalue weighted by atomic mass is 10.2. The van der Waals surface area contributed by atoms with Crippen LogP contribution in [0.4, 0.5) is 11.6 Å². The minimum atomic E-state index is 0.271. The number of halogens is 1. The van der Waals surface area contributed by atoms with Crippen LogP contribution in [0.2, 0.25) is 5.02 Å². The second kappa shape index (κ2) is 6.47. The van der Waals surface area contributed by atoms with Gasteiger partial charge in [0.25, 0.3) is 0 Å². The third-order valence-corrected chi connectivity index (χ3v) is 5.54. The highest BCUT2D eigenvalue weighted by atomic mass is 35.5. The zero-order chi connectivity index (χ0) is 17.4. The fourth-order valence-electron chi connectivity index (χ4n) is 3.05. The number of aromatic nitrogens is 3. The Morgan fingerprint density at radius 1 is 1.16 bits per heavy atom. The van der Waals surface area contributed by atoms with Crippen LogP contribution in [0.15, 0.2) is 24.5 Å². The summed E-state index contributed by atoms with van der Waals surface area (Å²) in [5.74, 6) is 1.79. The molecule has 8 heteroatoms.